The first-order valence-corrected chi connectivity index (χ1v) is 9.64. The second kappa shape index (κ2) is 7.63. The molecule has 2 aromatic rings. The normalized spacial score (nSPS) is 19.0. The highest BCUT2D eigenvalue weighted by molar-refractivity contribution is 6.30. The molecule has 2 aliphatic rings. The van der Waals surface area contributed by atoms with Crippen LogP contribution in [0.25, 0.3) is 0 Å². The average molecular weight is 402 g/mol. The Balaban J connectivity index is 1.65. The molecule has 1 fully saturated rings. The maximum absolute atomic E-state index is 12.8. The van der Waals surface area contributed by atoms with Crippen LogP contribution in [0.2, 0.25) is 5.02 Å². The van der Waals surface area contributed by atoms with Crippen LogP contribution in [0, 0.1) is 0 Å². The molecule has 28 heavy (non-hydrogen) atoms. The lowest BCUT2D eigenvalue weighted by Crippen LogP contribution is -2.38. The van der Waals surface area contributed by atoms with Gasteiger partial charge in [0.15, 0.2) is 0 Å². The Labute approximate surface area is 166 Å². The number of aromatic nitrogens is 2. The molecule has 8 nitrogen and oxygen atoms in total. The first kappa shape index (κ1) is 18.5. The zero-order valence-electron chi connectivity index (χ0n) is 15.1. The van der Waals surface area contributed by atoms with Crippen molar-refractivity contribution >= 4 is 40.9 Å². The number of piperidine rings is 1. The van der Waals surface area contributed by atoms with Crippen LogP contribution in [-0.2, 0) is 9.59 Å². The van der Waals surface area contributed by atoms with Gasteiger partial charge in [-0.15, -0.1) is 0 Å². The zero-order valence-corrected chi connectivity index (χ0v) is 15.9. The highest BCUT2D eigenvalue weighted by Crippen LogP contribution is 2.30. The van der Waals surface area contributed by atoms with Gasteiger partial charge >= 0.3 is 0 Å². The molecule has 0 radical (unpaired) electrons. The number of anilines is 3. The van der Waals surface area contributed by atoms with Crippen molar-refractivity contribution in [1.82, 2.24) is 9.97 Å². The molecule has 1 atom stereocenters. The van der Waals surface area contributed by atoms with E-state index in [1.807, 2.05) is 4.90 Å². The van der Waals surface area contributed by atoms with Crippen molar-refractivity contribution in [1.29, 1.82) is 0 Å². The van der Waals surface area contributed by atoms with Gasteiger partial charge in [-0.25, -0.2) is 0 Å². The van der Waals surface area contributed by atoms with Crippen LogP contribution < -0.4 is 21.1 Å². The summed E-state index contributed by atoms with van der Waals surface area (Å²) in [4.78, 5) is 47.0. The van der Waals surface area contributed by atoms with Crippen molar-refractivity contribution in [3.8, 4) is 0 Å². The van der Waals surface area contributed by atoms with Gasteiger partial charge in [-0.1, -0.05) is 17.7 Å². The van der Waals surface area contributed by atoms with E-state index in [2.05, 4.69) is 20.6 Å². The summed E-state index contributed by atoms with van der Waals surface area (Å²) < 4.78 is 0. The number of carbonyl (C=O) groups is 2. The Hall–Kier alpha value is -2.87. The summed E-state index contributed by atoms with van der Waals surface area (Å²) in [6.45, 7) is 1.60. The Kier molecular flexibility index (Phi) is 5.04. The maximum Gasteiger partial charge on any atom is 0.258 e. The van der Waals surface area contributed by atoms with E-state index in [4.69, 9.17) is 11.6 Å². The molecule has 0 unspecified atom stereocenters. The molecular weight excluding hydrogens is 382 g/mol. The molecule has 4 rings (SSSR count). The summed E-state index contributed by atoms with van der Waals surface area (Å²) in [6, 6.07) is 6.69. The van der Waals surface area contributed by atoms with E-state index in [0.717, 1.165) is 32.4 Å². The minimum atomic E-state index is -0.922. The minimum Gasteiger partial charge on any atom is -0.342 e. The minimum absolute atomic E-state index is 0.118. The number of halogens is 1. The van der Waals surface area contributed by atoms with Gasteiger partial charge < -0.3 is 15.5 Å². The Morgan fingerprint density at radius 1 is 1.21 bits per heavy atom. The number of hydrogen-bond donors (Lipinski definition) is 3. The van der Waals surface area contributed by atoms with Crippen LogP contribution in [0.3, 0.4) is 0 Å². The molecule has 9 heteroatoms. The van der Waals surface area contributed by atoms with Crippen LogP contribution in [0.5, 0.6) is 0 Å². The second-order valence-electron chi connectivity index (χ2n) is 7.00. The molecule has 0 aliphatic carbocycles. The Morgan fingerprint density at radius 2 is 2.00 bits per heavy atom. The molecule has 3 heterocycles. The molecular formula is C19H20ClN5O3. The van der Waals surface area contributed by atoms with Crippen LogP contribution in [0.1, 0.15) is 37.2 Å². The number of amides is 2. The fourth-order valence-electron chi connectivity index (χ4n) is 3.63. The fraction of sp³-hybridized carbons (Fsp3) is 0.368. The number of benzene rings is 1. The lowest BCUT2D eigenvalue weighted by Gasteiger charge is -2.29. The lowest BCUT2D eigenvalue weighted by molar-refractivity contribution is -0.123. The van der Waals surface area contributed by atoms with E-state index >= 15 is 0 Å². The summed E-state index contributed by atoms with van der Waals surface area (Å²) in [6.07, 6.45) is 3.08. The third kappa shape index (κ3) is 3.73. The zero-order chi connectivity index (χ0) is 19.7. The van der Waals surface area contributed by atoms with Crippen molar-refractivity contribution in [3.63, 3.8) is 0 Å². The van der Waals surface area contributed by atoms with Gasteiger partial charge in [0.05, 0.1) is 11.5 Å². The molecule has 0 saturated carbocycles. The second-order valence-corrected chi connectivity index (χ2v) is 7.44. The third-order valence-corrected chi connectivity index (χ3v) is 5.24. The predicted octanol–water partition coefficient (Wildman–Crippen LogP) is 2.48. The van der Waals surface area contributed by atoms with Gasteiger partial charge in [-0.05, 0) is 37.5 Å². The Morgan fingerprint density at radius 3 is 2.75 bits per heavy atom. The van der Waals surface area contributed by atoms with Crippen LogP contribution >= 0.6 is 11.6 Å². The molecule has 1 saturated heterocycles. The van der Waals surface area contributed by atoms with Gasteiger partial charge in [0.1, 0.15) is 5.82 Å². The van der Waals surface area contributed by atoms with Crippen LogP contribution in [-0.4, -0.2) is 34.9 Å². The van der Waals surface area contributed by atoms with Crippen LogP contribution in [0.15, 0.2) is 29.1 Å². The van der Waals surface area contributed by atoms with E-state index < -0.39 is 17.4 Å². The van der Waals surface area contributed by atoms with Gasteiger partial charge in [-0.3, -0.25) is 19.4 Å². The van der Waals surface area contributed by atoms with Gasteiger partial charge in [0.2, 0.25) is 17.8 Å². The summed E-state index contributed by atoms with van der Waals surface area (Å²) >= 11 is 5.95. The number of nitrogens with one attached hydrogen (secondary N) is 3. The summed E-state index contributed by atoms with van der Waals surface area (Å²) in [5.41, 5.74) is 0.274. The molecule has 3 N–H and O–H groups in total. The summed E-state index contributed by atoms with van der Waals surface area (Å²) in [5, 5.41) is 5.84. The van der Waals surface area contributed by atoms with Crippen molar-refractivity contribution < 1.29 is 9.59 Å². The summed E-state index contributed by atoms with van der Waals surface area (Å²) in [7, 11) is 0. The molecule has 146 valence electrons. The van der Waals surface area contributed by atoms with E-state index in [0.29, 0.717) is 16.7 Å². The van der Waals surface area contributed by atoms with Crippen molar-refractivity contribution in [2.24, 2.45) is 0 Å². The van der Waals surface area contributed by atoms with Gasteiger partial charge in [0, 0.05) is 30.2 Å². The van der Waals surface area contributed by atoms with E-state index in [-0.39, 0.29) is 23.7 Å². The standard InChI is InChI=1S/C19H20ClN5O3/c20-11-5-4-6-12(9-11)21-17(27)13-10-14(26)22-16-15(13)18(28)24-19(23-16)25-7-2-1-3-8-25/h4-6,9,13H,1-3,7-8,10H2,(H,21,27)(H2,22,23,24,26,28)/t13-/m0/s1. The third-order valence-electron chi connectivity index (χ3n) is 5.00. The van der Waals surface area contributed by atoms with Gasteiger partial charge in [-0.2, -0.15) is 4.98 Å². The highest BCUT2D eigenvalue weighted by Gasteiger charge is 2.35. The quantitative estimate of drug-likeness (QED) is 0.732. The number of nitrogens with zero attached hydrogens (tertiary/aromatic N) is 2. The fourth-order valence-corrected chi connectivity index (χ4v) is 3.82. The number of fused-ring (bicyclic) bond motifs is 1. The molecule has 1 aromatic heterocycles. The summed E-state index contributed by atoms with van der Waals surface area (Å²) in [5.74, 6) is -1.13. The first-order chi connectivity index (χ1) is 13.5. The average Bonchev–Trinajstić information content (AvgIpc) is 2.67. The number of hydrogen-bond acceptors (Lipinski definition) is 5. The van der Waals surface area contributed by atoms with Gasteiger partial charge in [0.25, 0.3) is 5.56 Å². The monoisotopic (exact) mass is 401 g/mol. The van der Waals surface area contributed by atoms with E-state index in [9.17, 15) is 14.4 Å². The topological polar surface area (TPSA) is 107 Å². The molecule has 0 spiro atoms. The number of rotatable bonds is 3. The Bertz CT molecular complexity index is 984. The molecule has 2 amide bonds. The van der Waals surface area contributed by atoms with Crippen molar-refractivity contribution in [2.75, 3.05) is 28.6 Å². The van der Waals surface area contributed by atoms with Crippen molar-refractivity contribution in [2.45, 2.75) is 31.6 Å². The molecule has 0 bridgehead atoms. The number of aromatic amines is 1. The van der Waals surface area contributed by atoms with E-state index in [1.54, 1.807) is 24.3 Å². The first-order valence-electron chi connectivity index (χ1n) is 9.27. The lowest BCUT2D eigenvalue weighted by atomic mass is 9.92. The van der Waals surface area contributed by atoms with Crippen LogP contribution in [0.4, 0.5) is 17.5 Å². The SMILES string of the molecule is O=C1C[C@H](C(=O)Nc2cccc(Cl)c2)c2c(nc(N3CCCCC3)[nH]c2=O)N1. The maximum atomic E-state index is 12.8. The number of carbonyl (C=O) groups excluding carboxylic acids is 2. The largest absolute Gasteiger partial charge is 0.342 e. The highest BCUT2D eigenvalue weighted by atomic mass is 35.5. The molecule has 1 aromatic carbocycles. The number of H-pyrrole nitrogens is 1. The van der Waals surface area contributed by atoms with Crippen molar-refractivity contribution in [3.05, 3.63) is 45.2 Å². The molecule has 2 aliphatic heterocycles. The predicted molar refractivity (Wildman–Crippen MR) is 107 cm³/mol. The van der Waals surface area contributed by atoms with E-state index in [1.165, 1.54) is 0 Å². The smallest absolute Gasteiger partial charge is 0.258 e.